The van der Waals surface area contributed by atoms with E-state index in [0.29, 0.717) is 0 Å². The number of aromatic nitrogens is 2. The zero-order valence-corrected chi connectivity index (χ0v) is 14.5. The minimum absolute atomic E-state index is 0.932. The van der Waals surface area contributed by atoms with Gasteiger partial charge in [0.25, 0.3) is 0 Å². The van der Waals surface area contributed by atoms with E-state index in [4.69, 9.17) is 0 Å². The molecule has 2 nitrogen and oxygen atoms in total. The molecule has 0 N–H and O–H groups in total. The second kappa shape index (κ2) is 5.28. The Balaban J connectivity index is 2.18. The number of imidazole rings is 1. The maximum atomic E-state index is 2.36. The Kier molecular flexibility index (Phi) is 3.56. The molecule has 22 heavy (non-hydrogen) atoms. The summed E-state index contributed by atoms with van der Waals surface area (Å²) >= 11 is 0. The number of fused-ring (bicyclic) bond motifs is 1. The average molecular weight is 293 g/mol. The van der Waals surface area contributed by atoms with Crippen LogP contribution in [0.2, 0.25) is 0 Å². The number of nitrogens with zero attached hydrogens (tertiary/aromatic N) is 2. The summed E-state index contributed by atoms with van der Waals surface area (Å²) in [7, 11) is 2.12. The highest BCUT2D eigenvalue weighted by atomic mass is 15.1. The molecule has 1 heterocycles. The van der Waals surface area contributed by atoms with E-state index in [0.717, 1.165) is 6.54 Å². The van der Waals surface area contributed by atoms with Crippen molar-refractivity contribution in [3.63, 3.8) is 0 Å². The molecule has 1 aromatic heterocycles. The minimum atomic E-state index is 0.932. The zero-order chi connectivity index (χ0) is 16.0. The summed E-state index contributed by atoms with van der Waals surface area (Å²) in [5.41, 5.74) is 11.2. The van der Waals surface area contributed by atoms with Crippen molar-refractivity contribution < 1.29 is 4.57 Å². The van der Waals surface area contributed by atoms with Gasteiger partial charge in [0.15, 0.2) is 11.0 Å². The van der Waals surface area contributed by atoms with Crippen molar-refractivity contribution in [2.24, 2.45) is 7.05 Å². The number of hydrogen-bond donors (Lipinski definition) is 0. The Hall–Kier alpha value is -2.09. The van der Waals surface area contributed by atoms with E-state index in [1.807, 2.05) is 0 Å². The SMILES string of the molecule is Cc1c(C)c(C)c(Cn2c[n+](C)c3ccccc32)c(C)c1C. The van der Waals surface area contributed by atoms with Crippen LogP contribution in [0.15, 0.2) is 30.6 Å². The molecule has 0 unspecified atom stereocenters. The van der Waals surface area contributed by atoms with E-state index in [2.05, 4.69) is 81.4 Å². The Bertz CT molecular complexity index is 840. The standard InChI is InChI=1S/C20H25N2/c1-13-14(2)16(4)18(17(5)15(13)3)11-22-12-21(6)19-9-7-8-10-20(19)22/h7-10,12H,11H2,1-6H3/q+1. The second-order valence-electron chi connectivity index (χ2n) is 6.45. The van der Waals surface area contributed by atoms with Crippen LogP contribution < -0.4 is 4.57 Å². The fourth-order valence-corrected chi connectivity index (χ4v) is 3.45. The molecular weight excluding hydrogens is 268 g/mol. The van der Waals surface area contributed by atoms with Crippen LogP contribution in [-0.2, 0) is 13.6 Å². The third-order valence-corrected chi connectivity index (χ3v) is 5.37. The molecule has 3 aromatic rings. The van der Waals surface area contributed by atoms with Gasteiger partial charge in [0, 0.05) is 0 Å². The summed E-state index contributed by atoms with van der Waals surface area (Å²) in [5.74, 6) is 0. The predicted molar refractivity (Wildman–Crippen MR) is 92.3 cm³/mol. The monoisotopic (exact) mass is 293 g/mol. The summed E-state index contributed by atoms with van der Waals surface area (Å²) in [5, 5.41) is 0. The van der Waals surface area contributed by atoms with Crippen LogP contribution in [0, 0.1) is 34.6 Å². The molecule has 114 valence electrons. The van der Waals surface area contributed by atoms with Gasteiger partial charge in [-0.2, -0.15) is 0 Å². The van der Waals surface area contributed by atoms with Gasteiger partial charge < -0.3 is 0 Å². The van der Waals surface area contributed by atoms with Crippen molar-refractivity contribution in [3.05, 3.63) is 64.0 Å². The highest BCUT2D eigenvalue weighted by Crippen LogP contribution is 2.27. The van der Waals surface area contributed by atoms with Crippen LogP contribution in [0.5, 0.6) is 0 Å². The zero-order valence-electron chi connectivity index (χ0n) is 14.5. The lowest BCUT2D eigenvalue weighted by Gasteiger charge is -2.17. The van der Waals surface area contributed by atoms with Gasteiger partial charge >= 0.3 is 0 Å². The van der Waals surface area contributed by atoms with E-state index in [1.54, 1.807) is 0 Å². The van der Waals surface area contributed by atoms with Crippen molar-refractivity contribution in [3.8, 4) is 0 Å². The molecule has 0 aliphatic carbocycles. The van der Waals surface area contributed by atoms with Gasteiger partial charge in [0.05, 0.1) is 7.05 Å². The molecule has 0 radical (unpaired) electrons. The third kappa shape index (κ3) is 2.14. The highest BCUT2D eigenvalue weighted by molar-refractivity contribution is 5.71. The maximum absolute atomic E-state index is 2.36. The van der Waals surface area contributed by atoms with Crippen molar-refractivity contribution in [2.75, 3.05) is 0 Å². The Labute approximate surface area is 133 Å². The number of hydrogen-bond acceptors (Lipinski definition) is 0. The Morgan fingerprint density at radius 2 is 1.36 bits per heavy atom. The number of benzene rings is 2. The summed E-state index contributed by atoms with van der Waals surface area (Å²) in [4.78, 5) is 0. The van der Waals surface area contributed by atoms with Crippen LogP contribution in [0.3, 0.4) is 0 Å². The maximum Gasteiger partial charge on any atom is 0.244 e. The topological polar surface area (TPSA) is 8.81 Å². The van der Waals surface area contributed by atoms with Crippen LogP contribution >= 0.6 is 0 Å². The van der Waals surface area contributed by atoms with Gasteiger partial charge in [-0.25, -0.2) is 9.13 Å². The van der Waals surface area contributed by atoms with E-state index in [1.165, 1.54) is 44.4 Å². The van der Waals surface area contributed by atoms with Gasteiger partial charge in [-0.05, 0) is 80.1 Å². The first-order valence-corrected chi connectivity index (χ1v) is 7.91. The van der Waals surface area contributed by atoms with Gasteiger partial charge in [-0.3, -0.25) is 0 Å². The molecule has 0 saturated carbocycles. The molecule has 0 amide bonds. The average Bonchev–Trinajstić information content (AvgIpc) is 2.84. The molecule has 0 spiro atoms. The molecule has 2 aromatic carbocycles. The van der Waals surface area contributed by atoms with Crippen LogP contribution in [-0.4, -0.2) is 4.57 Å². The lowest BCUT2D eigenvalue weighted by atomic mass is 9.89. The largest absolute Gasteiger partial charge is 0.244 e. The normalized spacial score (nSPS) is 11.4. The lowest BCUT2D eigenvalue weighted by molar-refractivity contribution is -0.645. The first-order chi connectivity index (χ1) is 10.4. The van der Waals surface area contributed by atoms with Crippen molar-refractivity contribution in [1.82, 2.24) is 4.57 Å². The van der Waals surface area contributed by atoms with Gasteiger partial charge in [-0.15, -0.1) is 0 Å². The molecule has 2 heteroatoms. The van der Waals surface area contributed by atoms with Crippen LogP contribution in [0.25, 0.3) is 11.0 Å². The fourth-order valence-electron chi connectivity index (χ4n) is 3.45. The first kappa shape index (κ1) is 14.8. The van der Waals surface area contributed by atoms with Crippen LogP contribution in [0.1, 0.15) is 33.4 Å². The smallest absolute Gasteiger partial charge is 0.233 e. The van der Waals surface area contributed by atoms with Gasteiger partial charge in [-0.1, -0.05) is 12.1 Å². The Morgan fingerprint density at radius 1 is 0.818 bits per heavy atom. The molecule has 0 bridgehead atoms. The number of aryl methyl sites for hydroxylation is 1. The minimum Gasteiger partial charge on any atom is -0.233 e. The van der Waals surface area contributed by atoms with Crippen molar-refractivity contribution in [2.45, 2.75) is 41.2 Å². The second-order valence-corrected chi connectivity index (χ2v) is 6.45. The fraction of sp³-hybridized carbons (Fsp3) is 0.350. The van der Waals surface area contributed by atoms with E-state index in [9.17, 15) is 0 Å². The first-order valence-electron chi connectivity index (χ1n) is 7.91. The molecular formula is C20H25N2+. The molecule has 0 atom stereocenters. The molecule has 0 fully saturated rings. The summed E-state index contributed by atoms with van der Waals surface area (Å²) < 4.78 is 4.56. The van der Waals surface area contributed by atoms with Crippen molar-refractivity contribution >= 4 is 11.0 Å². The third-order valence-electron chi connectivity index (χ3n) is 5.37. The summed E-state index contributed by atoms with van der Waals surface area (Å²) in [6.07, 6.45) is 2.20. The van der Waals surface area contributed by atoms with E-state index in [-0.39, 0.29) is 0 Å². The van der Waals surface area contributed by atoms with E-state index >= 15 is 0 Å². The highest BCUT2D eigenvalue weighted by Gasteiger charge is 2.17. The summed E-state index contributed by atoms with van der Waals surface area (Å²) in [6, 6.07) is 8.60. The molecule has 0 aliphatic rings. The van der Waals surface area contributed by atoms with Crippen molar-refractivity contribution in [1.29, 1.82) is 0 Å². The van der Waals surface area contributed by atoms with Gasteiger partial charge in [0.2, 0.25) is 6.33 Å². The molecule has 3 rings (SSSR count). The molecule has 0 aliphatic heterocycles. The Morgan fingerprint density at radius 3 is 2.00 bits per heavy atom. The van der Waals surface area contributed by atoms with E-state index < -0.39 is 0 Å². The molecule has 0 saturated heterocycles. The quantitative estimate of drug-likeness (QED) is 0.630. The predicted octanol–water partition coefficient (Wildman–Crippen LogP) is 4.06. The number of rotatable bonds is 2. The lowest BCUT2D eigenvalue weighted by Crippen LogP contribution is -2.25. The summed E-state index contributed by atoms with van der Waals surface area (Å²) in [6.45, 7) is 12.2. The van der Waals surface area contributed by atoms with Gasteiger partial charge in [0.1, 0.15) is 6.54 Å². The number of para-hydroxylation sites is 2. The van der Waals surface area contributed by atoms with Crippen LogP contribution in [0.4, 0.5) is 0 Å².